The van der Waals surface area contributed by atoms with Crippen LogP contribution < -0.4 is 5.32 Å². The van der Waals surface area contributed by atoms with E-state index in [2.05, 4.69) is 33.9 Å². The van der Waals surface area contributed by atoms with Gasteiger partial charge in [-0.05, 0) is 47.0 Å². The number of rotatable bonds is 5. The molecule has 19 heavy (non-hydrogen) atoms. The van der Waals surface area contributed by atoms with Crippen molar-refractivity contribution in [3.8, 4) is 0 Å². The molecule has 2 nitrogen and oxygen atoms in total. The van der Waals surface area contributed by atoms with Crippen molar-refractivity contribution in [1.82, 2.24) is 5.32 Å². The lowest BCUT2D eigenvalue weighted by Crippen LogP contribution is -2.25. The fraction of sp³-hybridized carbons (Fsp3) is 0.417. The average molecular weight is 356 g/mol. The summed E-state index contributed by atoms with van der Waals surface area (Å²) in [5.41, 5.74) is 0.420. The zero-order valence-electron chi connectivity index (χ0n) is 9.93. The summed E-state index contributed by atoms with van der Waals surface area (Å²) < 4.78 is 36.3. The Hall–Kier alpha value is -0.690. The van der Waals surface area contributed by atoms with Gasteiger partial charge < -0.3 is 5.32 Å². The minimum absolute atomic E-state index is 0.0115. The minimum atomic E-state index is -4.13. The van der Waals surface area contributed by atoms with Crippen LogP contribution in [0.1, 0.15) is 29.6 Å². The van der Waals surface area contributed by atoms with Crippen LogP contribution in [0.25, 0.3) is 0 Å². The molecule has 0 fully saturated rings. The van der Waals surface area contributed by atoms with Crippen LogP contribution in [0.5, 0.6) is 0 Å². The van der Waals surface area contributed by atoms with E-state index >= 15 is 0 Å². The third-order valence-corrected chi connectivity index (χ3v) is 3.34. The van der Waals surface area contributed by atoms with Crippen molar-refractivity contribution in [3.63, 3.8) is 0 Å². The van der Waals surface area contributed by atoms with Crippen molar-refractivity contribution >= 4 is 34.5 Å². The van der Waals surface area contributed by atoms with Crippen molar-refractivity contribution in [2.24, 2.45) is 0 Å². The van der Waals surface area contributed by atoms with E-state index < -0.39 is 12.6 Å². The fourth-order valence-electron chi connectivity index (χ4n) is 1.43. The van der Waals surface area contributed by atoms with E-state index in [1.807, 2.05) is 0 Å². The lowest BCUT2D eigenvalue weighted by molar-refractivity contribution is -0.135. The molecule has 1 N–H and O–H groups in total. The molecule has 1 aromatic carbocycles. The number of amides is 1. The molecule has 0 saturated heterocycles. The summed E-state index contributed by atoms with van der Waals surface area (Å²) in [6.07, 6.45) is -4.65. The number of hydrogen-bond donors (Lipinski definition) is 2. The summed E-state index contributed by atoms with van der Waals surface area (Å²) in [5, 5.41) is 2.58. The Kier molecular flexibility index (Phi) is 6.19. The number of benzene rings is 1. The van der Waals surface area contributed by atoms with Gasteiger partial charge in [-0.2, -0.15) is 13.2 Å². The lowest BCUT2D eigenvalue weighted by Gasteiger charge is -2.08. The lowest BCUT2D eigenvalue weighted by atomic mass is 10.2. The first-order valence-corrected chi connectivity index (χ1v) is 6.87. The first kappa shape index (κ1) is 16.4. The monoisotopic (exact) mass is 355 g/mol. The number of carbonyl (C=O) groups is 1. The highest BCUT2D eigenvalue weighted by atomic mass is 79.9. The highest BCUT2D eigenvalue weighted by molar-refractivity contribution is 9.10. The smallest absolute Gasteiger partial charge is 0.352 e. The first-order chi connectivity index (χ1) is 8.79. The highest BCUT2D eigenvalue weighted by Crippen LogP contribution is 2.22. The molecule has 0 aromatic heterocycles. The minimum Gasteiger partial charge on any atom is -0.352 e. The van der Waals surface area contributed by atoms with Gasteiger partial charge in [-0.1, -0.05) is 0 Å². The first-order valence-electron chi connectivity index (χ1n) is 5.63. The largest absolute Gasteiger partial charge is 0.389 e. The van der Waals surface area contributed by atoms with Gasteiger partial charge in [-0.3, -0.25) is 4.79 Å². The number of hydrogen-bond acceptors (Lipinski definition) is 2. The van der Waals surface area contributed by atoms with Crippen LogP contribution in [-0.4, -0.2) is 18.6 Å². The number of thiol groups is 1. The molecule has 0 spiro atoms. The molecule has 0 saturated carbocycles. The third-order valence-electron chi connectivity index (χ3n) is 2.37. The van der Waals surface area contributed by atoms with Gasteiger partial charge in [0.25, 0.3) is 5.91 Å². The molecule has 0 aliphatic heterocycles. The second-order valence-corrected chi connectivity index (χ2v) is 5.36. The third kappa shape index (κ3) is 6.33. The summed E-state index contributed by atoms with van der Waals surface area (Å²) in [6.45, 7) is 0.220. The standard InChI is InChI=1S/C12H13BrF3NOS/c13-10-4-3-8(19)7-9(10)11(18)17-6-2-1-5-12(14,15)16/h3-4,7,19H,1-2,5-6H2,(H,17,18). The number of alkyl halides is 3. The summed E-state index contributed by atoms with van der Waals surface area (Å²) in [4.78, 5) is 12.4. The summed E-state index contributed by atoms with van der Waals surface area (Å²) in [7, 11) is 0. The highest BCUT2D eigenvalue weighted by Gasteiger charge is 2.25. The van der Waals surface area contributed by atoms with Gasteiger partial charge >= 0.3 is 6.18 Å². The van der Waals surface area contributed by atoms with Crippen LogP contribution in [0, 0.1) is 0 Å². The molecule has 1 aromatic rings. The molecule has 106 valence electrons. The Morgan fingerprint density at radius 2 is 2.00 bits per heavy atom. The van der Waals surface area contributed by atoms with Crippen LogP contribution in [0.3, 0.4) is 0 Å². The van der Waals surface area contributed by atoms with Gasteiger partial charge in [0.05, 0.1) is 5.56 Å². The van der Waals surface area contributed by atoms with Crippen molar-refractivity contribution in [3.05, 3.63) is 28.2 Å². The van der Waals surface area contributed by atoms with E-state index in [1.165, 1.54) is 0 Å². The molecule has 1 rings (SSSR count). The maximum Gasteiger partial charge on any atom is 0.389 e. The zero-order valence-corrected chi connectivity index (χ0v) is 12.4. The van der Waals surface area contributed by atoms with Gasteiger partial charge in [-0.15, -0.1) is 12.6 Å². The van der Waals surface area contributed by atoms with Crippen LogP contribution in [0.4, 0.5) is 13.2 Å². The average Bonchev–Trinajstić information content (AvgIpc) is 2.30. The van der Waals surface area contributed by atoms with E-state index in [0.29, 0.717) is 21.4 Å². The molecule has 0 atom stereocenters. The fourth-order valence-corrected chi connectivity index (χ4v) is 2.07. The second-order valence-electron chi connectivity index (χ2n) is 3.99. The molecule has 7 heteroatoms. The van der Waals surface area contributed by atoms with Gasteiger partial charge in [0, 0.05) is 22.3 Å². The molecular formula is C12H13BrF3NOS. The zero-order chi connectivity index (χ0) is 14.5. The van der Waals surface area contributed by atoms with Crippen LogP contribution in [0.15, 0.2) is 27.6 Å². The molecular weight excluding hydrogens is 343 g/mol. The Bertz CT molecular complexity index is 451. The quantitative estimate of drug-likeness (QED) is 0.601. The molecule has 0 unspecified atom stereocenters. The van der Waals surface area contributed by atoms with Crippen LogP contribution in [0.2, 0.25) is 0 Å². The van der Waals surface area contributed by atoms with Gasteiger partial charge in [0.1, 0.15) is 0 Å². The number of halogens is 4. The summed E-state index contributed by atoms with van der Waals surface area (Å²) in [5.74, 6) is -0.324. The topological polar surface area (TPSA) is 29.1 Å². The molecule has 0 aliphatic rings. The molecule has 1 amide bonds. The number of unbranched alkanes of at least 4 members (excludes halogenated alkanes) is 1. The van der Waals surface area contributed by atoms with Crippen molar-refractivity contribution < 1.29 is 18.0 Å². The van der Waals surface area contributed by atoms with Crippen molar-refractivity contribution in [2.45, 2.75) is 30.3 Å². The van der Waals surface area contributed by atoms with E-state index in [0.717, 1.165) is 0 Å². The van der Waals surface area contributed by atoms with E-state index in [9.17, 15) is 18.0 Å². The normalized spacial score (nSPS) is 11.4. The Balaban J connectivity index is 2.38. The number of carbonyl (C=O) groups excluding carboxylic acids is 1. The van der Waals surface area contributed by atoms with Gasteiger partial charge in [0.2, 0.25) is 0 Å². The Morgan fingerprint density at radius 1 is 1.32 bits per heavy atom. The SMILES string of the molecule is O=C(NCCCCC(F)(F)F)c1cc(S)ccc1Br. The van der Waals surface area contributed by atoms with E-state index in [-0.39, 0.29) is 18.9 Å². The molecule has 0 heterocycles. The van der Waals surface area contributed by atoms with E-state index in [1.54, 1.807) is 18.2 Å². The predicted molar refractivity (Wildman–Crippen MR) is 73.6 cm³/mol. The second kappa shape index (κ2) is 7.19. The maximum atomic E-state index is 11.9. The van der Waals surface area contributed by atoms with Crippen LogP contribution in [-0.2, 0) is 0 Å². The number of nitrogens with one attached hydrogen (secondary N) is 1. The van der Waals surface area contributed by atoms with Gasteiger partial charge in [0.15, 0.2) is 0 Å². The summed E-state index contributed by atoms with van der Waals surface area (Å²) in [6, 6.07) is 5.02. The molecule has 0 aliphatic carbocycles. The Morgan fingerprint density at radius 3 is 2.63 bits per heavy atom. The summed E-state index contributed by atoms with van der Waals surface area (Å²) >= 11 is 7.36. The van der Waals surface area contributed by atoms with Crippen molar-refractivity contribution in [2.75, 3.05) is 6.54 Å². The predicted octanol–water partition coefficient (Wildman–Crippen LogP) is 4.20. The van der Waals surface area contributed by atoms with Crippen LogP contribution >= 0.6 is 28.6 Å². The molecule has 0 radical (unpaired) electrons. The Labute approximate surface area is 123 Å². The van der Waals surface area contributed by atoms with Crippen molar-refractivity contribution in [1.29, 1.82) is 0 Å². The molecule has 0 bridgehead atoms. The van der Waals surface area contributed by atoms with E-state index in [4.69, 9.17) is 0 Å². The maximum absolute atomic E-state index is 11.9. The van der Waals surface area contributed by atoms with Gasteiger partial charge in [-0.25, -0.2) is 0 Å².